The van der Waals surface area contributed by atoms with E-state index in [1.54, 1.807) is 7.11 Å². The molecule has 5 heteroatoms. The van der Waals surface area contributed by atoms with Crippen LogP contribution in [-0.2, 0) is 17.7 Å². The van der Waals surface area contributed by atoms with Crippen LogP contribution in [0.15, 0.2) is 30.5 Å². The third kappa shape index (κ3) is 4.67. The molecule has 0 aliphatic heterocycles. The molecule has 1 aromatic heterocycles. The zero-order valence-electron chi connectivity index (χ0n) is 10.9. The first kappa shape index (κ1) is 14.1. The molecule has 0 atom stereocenters. The topological polar surface area (TPSA) is 49.9 Å². The molecule has 0 bridgehead atoms. The number of nitrogens with one attached hydrogen (secondary N) is 2. The van der Waals surface area contributed by atoms with E-state index in [0.29, 0.717) is 6.61 Å². The van der Waals surface area contributed by atoms with Gasteiger partial charge in [0, 0.05) is 43.5 Å². The van der Waals surface area contributed by atoms with Gasteiger partial charge in [-0.05, 0) is 17.7 Å². The highest BCUT2D eigenvalue weighted by molar-refractivity contribution is 6.30. The number of hydrogen-bond donors (Lipinski definition) is 2. The van der Waals surface area contributed by atoms with Crippen molar-refractivity contribution in [3.63, 3.8) is 0 Å². The molecule has 4 nitrogen and oxygen atoms in total. The molecule has 0 spiro atoms. The Morgan fingerprint density at radius 3 is 2.84 bits per heavy atom. The van der Waals surface area contributed by atoms with Crippen molar-refractivity contribution in [2.24, 2.45) is 0 Å². The molecule has 2 N–H and O–H groups in total. The molecule has 0 saturated heterocycles. The Morgan fingerprint density at radius 2 is 2.11 bits per heavy atom. The summed E-state index contributed by atoms with van der Waals surface area (Å²) < 4.78 is 4.97. The van der Waals surface area contributed by atoms with Gasteiger partial charge in [-0.3, -0.25) is 0 Å². The molecule has 0 amide bonds. The summed E-state index contributed by atoms with van der Waals surface area (Å²) in [7, 11) is 1.70. The highest BCUT2D eigenvalue weighted by Gasteiger charge is 2.02. The maximum absolute atomic E-state index is 5.86. The average molecular weight is 280 g/mol. The minimum atomic E-state index is 0.714. The van der Waals surface area contributed by atoms with E-state index in [2.05, 4.69) is 15.3 Å². The number of nitrogens with zero attached hydrogens (tertiary/aromatic N) is 1. The van der Waals surface area contributed by atoms with E-state index in [1.165, 1.54) is 5.56 Å². The van der Waals surface area contributed by atoms with Crippen molar-refractivity contribution in [1.29, 1.82) is 0 Å². The highest BCUT2D eigenvalue weighted by Crippen LogP contribution is 2.12. The number of methoxy groups -OCH3 is 1. The van der Waals surface area contributed by atoms with Crippen LogP contribution in [0, 0.1) is 0 Å². The van der Waals surface area contributed by atoms with Crippen molar-refractivity contribution in [1.82, 2.24) is 15.3 Å². The molecular formula is C14H18ClN3O. The summed E-state index contributed by atoms with van der Waals surface area (Å²) in [5.74, 6) is 0.964. The molecule has 0 unspecified atom stereocenters. The van der Waals surface area contributed by atoms with Crippen LogP contribution in [0.25, 0.3) is 0 Å². The van der Waals surface area contributed by atoms with Gasteiger partial charge in [-0.1, -0.05) is 23.7 Å². The highest BCUT2D eigenvalue weighted by atomic mass is 35.5. The molecule has 2 aromatic rings. The Hall–Kier alpha value is -1.36. The molecule has 1 aromatic carbocycles. The number of H-pyrrole nitrogens is 1. The van der Waals surface area contributed by atoms with Crippen LogP contribution < -0.4 is 5.32 Å². The maximum atomic E-state index is 5.86. The first-order chi connectivity index (χ1) is 9.28. The van der Waals surface area contributed by atoms with Crippen LogP contribution in [0.5, 0.6) is 0 Å². The lowest BCUT2D eigenvalue weighted by molar-refractivity contribution is 0.199. The quantitative estimate of drug-likeness (QED) is 0.765. The molecule has 0 fully saturated rings. The summed E-state index contributed by atoms with van der Waals surface area (Å²) in [4.78, 5) is 7.68. The lowest BCUT2D eigenvalue weighted by Gasteiger charge is -2.01. The second kappa shape index (κ2) is 7.28. The number of imidazole rings is 1. The number of ether oxygens (including phenoxy) is 1. The molecular weight excluding hydrogens is 262 g/mol. The van der Waals surface area contributed by atoms with E-state index < -0.39 is 0 Å². The number of halogens is 1. The molecule has 0 radical (unpaired) electrons. The molecule has 0 aliphatic rings. The fourth-order valence-electron chi connectivity index (χ4n) is 1.78. The Bertz CT molecular complexity index is 496. The smallest absolute Gasteiger partial charge is 0.110 e. The predicted octanol–water partition coefficient (Wildman–Crippen LogP) is 2.39. The van der Waals surface area contributed by atoms with Gasteiger partial charge >= 0.3 is 0 Å². The van der Waals surface area contributed by atoms with Crippen molar-refractivity contribution >= 4 is 11.6 Å². The van der Waals surface area contributed by atoms with Gasteiger partial charge < -0.3 is 15.0 Å². The van der Waals surface area contributed by atoms with Gasteiger partial charge in [0.2, 0.25) is 0 Å². The van der Waals surface area contributed by atoms with E-state index in [1.807, 2.05) is 30.5 Å². The zero-order valence-corrected chi connectivity index (χ0v) is 11.7. The molecule has 2 rings (SSSR count). The third-order valence-electron chi connectivity index (χ3n) is 2.76. The number of aromatic nitrogens is 2. The Kier molecular flexibility index (Phi) is 5.39. The summed E-state index contributed by atoms with van der Waals surface area (Å²) in [5, 5.41) is 4.03. The third-order valence-corrected chi connectivity index (χ3v) is 3.02. The summed E-state index contributed by atoms with van der Waals surface area (Å²) in [6.45, 7) is 2.32. The molecule has 1 heterocycles. The van der Waals surface area contributed by atoms with Gasteiger partial charge in [-0.2, -0.15) is 0 Å². The fraction of sp³-hybridized carbons (Fsp3) is 0.357. The van der Waals surface area contributed by atoms with Gasteiger partial charge in [-0.25, -0.2) is 4.98 Å². The van der Waals surface area contributed by atoms with Crippen LogP contribution in [0.1, 0.15) is 17.1 Å². The average Bonchev–Trinajstić information content (AvgIpc) is 2.85. The zero-order chi connectivity index (χ0) is 13.5. The van der Waals surface area contributed by atoms with E-state index in [9.17, 15) is 0 Å². The summed E-state index contributed by atoms with van der Waals surface area (Å²) >= 11 is 5.86. The van der Waals surface area contributed by atoms with Crippen LogP contribution in [0.2, 0.25) is 5.02 Å². The monoisotopic (exact) mass is 279 g/mol. The SMILES string of the molecule is COCCNCc1cnc(Cc2ccc(Cl)cc2)[nH]1. The van der Waals surface area contributed by atoms with Crippen LogP contribution in [0.3, 0.4) is 0 Å². The van der Waals surface area contributed by atoms with Gasteiger partial charge in [0.1, 0.15) is 5.82 Å². The summed E-state index contributed by atoms with van der Waals surface area (Å²) in [6, 6.07) is 7.82. The number of aromatic amines is 1. The Morgan fingerprint density at radius 1 is 1.32 bits per heavy atom. The van der Waals surface area contributed by atoms with Crippen LogP contribution in [0.4, 0.5) is 0 Å². The van der Waals surface area contributed by atoms with Gasteiger partial charge in [0.05, 0.1) is 6.61 Å². The summed E-state index contributed by atoms with van der Waals surface area (Å²) in [6.07, 6.45) is 2.65. The Balaban J connectivity index is 1.85. The molecule has 0 saturated carbocycles. The van der Waals surface area contributed by atoms with Crippen molar-refractivity contribution < 1.29 is 4.74 Å². The van der Waals surface area contributed by atoms with Crippen molar-refractivity contribution in [3.8, 4) is 0 Å². The first-order valence-electron chi connectivity index (χ1n) is 6.25. The minimum Gasteiger partial charge on any atom is -0.383 e. The van der Waals surface area contributed by atoms with Crippen LogP contribution in [-0.4, -0.2) is 30.2 Å². The number of hydrogen-bond acceptors (Lipinski definition) is 3. The molecule has 19 heavy (non-hydrogen) atoms. The van der Waals surface area contributed by atoms with Gasteiger partial charge in [0.15, 0.2) is 0 Å². The van der Waals surface area contributed by atoms with E-state index in [-0.39, 0.29) is 0 Å². The predicted molar refractivity (Wildman–Crippen MR) is 76.4 cm³/mol. The number of rotatable bonds is 7. The lowest BCUT2D eigenvalue weighted by Crippen LogP contribution is -2.18. The second-order valence-electron chi connectivity index (χ2n) is 4.33. The van der Waals surface area contributed by atoms with Crippen molar-refractivity contribution in [2.75, 3.05) is 20.3 Å². The minimum absolute atomic E-state index is 0.714. The lowest BCUT2D eigenvalue weighted by atomic mass is 10.1. The van der Waals surface area contributed by atoms with E-state index >= 15 is 0 Å². The number of benzene rings is 1. The standard InChI is InChI=1S/C14H18ClN3O/c1-19-7-6-16-9-13-10-17-14(18-13)8-11-2-4-12(15)5-3-11/h2-5,10,16H,6-9H2,1H3,(H,17,18). The van der Waals surface area contributed by atoms with Crippen LogP contribution >= 0.6 is 11.6 Å². The first-order valence-corrected chi connectivity index (χ1v) is 6.62. The molecule has 102 valence electrons. The normalized spacial score (nSPS) is 10.8. The van der Waals surface area contributed by atoms with E-state index in [4.69, 9.17) is 16.3 Å². The van der Waals surface area contributed by atoms with Gasteiger partial charge in [0.25, 0.3) is 0 Å². The van der Waals surface area contributed by atoms with Crippen molar-refractivity contribution in [2.45, 2.75) is 13.0 Å². The largest absolute Gasteiger partial charge is 0.383 e. The Labute approximate surface area is 118 Å². The maximum Gasteiger partial charge on any atom is 0.110 e. The summed E-state index contributed by atoms with van der Waals surface area (Å²) in [5.41, 5.74) is 2.28. The fourth-order valence-corrected chi connectivity index (χ4v) is 1.90. The molecule has 0 aliphatic carbocycles. The van der Waals surface area contributed by atoms with Gasteiger partial charge in [-0.15, -0.1) is 0 Å². The van der Waals surface area contributed by atoms with Crippen molar-refractivity contribution in [3.05, 3.63) is 52.6 Å². The second-order valence-corrected chi connectivity index (χ2v) is 4.76. The van der Waals surface area contributed by atoms with E-state index in [0.717, 1.165) is 36.1 Å².